The Bertz CT molecular complexity index is 478. The zero-order chi connectivity index (χ0) is 9.42. The zero-order valence-corrected chi connectivity index (χ0v) is 6.25. The number of aldehydes is 1. The number of fused-ring (bicyclic) bond motifs is 1. The van der Waals surface area contributed by atoms with Crippen molar-refractivity contribution >= 4 is 17.4 Å². The zero-order valence-electron chi connectivity index (χ0n) is 6.25. The second kappa shape index (κ2) is 2.62. The molecule has 66 valence electrons. The largest absolute Gasteiger partial charge is 0.434 e. The molecule has 0 amide bonds. The highest BCUT2D eigenvalue weighted by Gasteiger charge is 2.10. The molecule has 0 saturated carbocycles. The van der Waals surface area contributed by atoms with E-state index < -0.39 is 11.6 Å². The number of oxazole rings is 1. The number of carbonyl (C=O) groups excluding carboxylic acids is 1. The monoisotopic (exact) mass is 183 g/mol. The van der Waals surface area contributed by atoms with Gasteiger partial charge in [0, 0.05) is 12.1 Å². The fourth-order valence-corrected chi connectivity index (χ4v) is 1.02. The summed E-state index contributed by atoms with van der Waals surface area (Å²) in [6.07, 6.45) is 0.331. The first kappa shape index (κ1) is 7.85. The molecule has 13 heavy (non-hydrogen) atoms. The highest BCUT2D eigenvalue weighted by Crippen LogP contribution is 2.19. The summed E-state index contributed by atoms with van der Waals surface area (Å²) in [4.78, 5) is 13.7. The second-order valence-corrected chi connectivity index (χ2v) is 2.40. The Morgan fingerprint density at radius 2 is 2.15 bits per heavy atom. The number of hydrogen-bond acceptors (Lipinski definition) is 3. The molecule has 1 aromatic carbocycles. The fraction of sp³-hybridized carbons (Fsp3) is 0. The number of nitrogens with zero attached hydrogens (tertiary/aromatic N) is 1. The van der Waals surface area contributed by atoms with Crippen molar-refractivity contribution in [3.05, 3.63) is 29.7 Å². The average Bonchev–Trinajstić information content (AvgIpc) is 2.47. The van der Waals surface area contributed by atoms with E-state index >= 15 is 0 Å². The van der Waals surface area contributed by atoms with Gasteiger partial charge in [-0.3, -0.25) is 4.79 Å². The van der Waals surface area contributed by atoms with E-state index in [-0.39, 0.29) is 17.0 Å². The van der Waals surface area contributed by atoms with Crippen LogP contribution in [0, 0.1) is 11.6 Å². The van der Waals surface area contributed by atoms with Crippen molar-refractivity contribution in [2.75, 3.05) is 0 Å². The van der Waals surface area contributed by atoms with Crippen molar-refractivity contribution in [2.24, 2.45) is 0 Å². The Kier molecular flexibility index (Phi) is 1.58. The van der Waals surface area contributed by atoms with Crippen molar-refractivity contribution in [3.63, 3.8) is 0 Å². The third kappa shape index (κ3) is 1.18. The van der Waals surface area contributed by atoms with Crippen molar-refractivity contribution in [2.45, 2.75) is 0 Å². The van der Waals surface area contributed by atoms with Crippen LogP contribution in [0.3, 0.4) is 0 Å². The number of rotatable bonds is 1. The van der Waals surface area contributed by atoms with Crippen molar-refractivity contribution in [1.29, 1.82) is 0 Å². The van der Waals surface area contributed by atoms with Gasteiger partial charge in [-0.1, -0.05) is 0 Å². The van der Waals surface area contributed by atoms with Crippen molar-refractivity contribution in [1.82, 2.24) is 4.98 Å². The number of carbonyl (C=O) groups is 1. The maximum atomic E-state index is 12.9. The highest BCUT2D eigenvalue weighted by atomic mass is 19.1. The van der Waals surface area contributed by atoms with Gasteiger partial charge in [0.1, 0.15) is 11.3 Å². The molecule has 0 fully saturated rings. The molecular formula is C8H3F2NO2. The molecule has 0 spiro atoms. The number of aromatic nitrogens is 1. The van der Waals surface area contributed by atoms with E-state index in [0.29, 0.717) is 12.4 Å². The normalized spacial score (nSPS) is 10.6. The van der Waals surface area contributed by atoms with Crippen LogP contribution in [-0.2, 0) is 0 Å². The van der Waals surface area contributed by atoms with E-state index in [2.05, 4.69) is 4.98 Å². The van der Waals surface area contributed by atoms with Gasteiger partial charge in [0.2, 0.25) is 6.29 Å². The summed E-state index contributed by atoms with van der Waals surface area (Å²) in [5, 5.41) is 0. The number of halogens is 2. The molecule has 0 aliphatic heterocycles. The van der Waals surface area contributed by atoms with Crippen LogP contribution in [0.2, 0.25) is 0 Å². The van der Waals surface area contributed by atoms with Crippen LogP contribution in [-0.4, -0.2) is 11.3 Å². The molecule has 3 nitrogen and oxygen atoms in total. The number of hydrogen-bond donors (Lipinski definition) is 0. The summed E-state index contributed by atoms with van der Waals surface area (Å²) in [5.41, 5.74) is -0.205. The van der Waals surface area contributed by atoms with Gasteiger partial charge in [0.25, 0.3) is 5.89 Å². The van der Waals surface area contributed by atoms with Crippen LogP contribution < -0.4 is 0 Å². The molecule has 0 saturated heterocycles. The summed E-state index contributed by atoms with van der Waals surface area (Å²) >= 11 is 0. The molecule has 2 rings (SSSR count). The second-order valence-electron chi connectivity index (χ2n) is 2.40. The van der Waals surface area contributed by atoms with Crippen LogP contribution in [0.5, 0.6) is 0 Å². The van der Waals surface area contributed by atoms with Gasteiger partial charge in [-0.05, 0) is 0 Å². The maximum Gasteiger partial charge on any atom is 0.260 e. The minimum absolute atomic E-state index is 0.0698. The van der Waals surface area contributed by atoms with Crippen LogP contribution in [0.1, 0.15) is 10.7 Å². The Labute approximate surface area is 71.0 Å². The van der Waals surface area contributed by atoms with Gasteiger partial charge in [0.05, 0.1) is 0 Å². The molecule has 0 aliphatic carbocycles. The molecule has 1 heterocycles. The lowest BCUT2D eigenvalue weighted by Crippen LogP contribution is -1.81. The Morgan fingerprint density at radius 1 is 1.38 bits per heavy atom. The van der Waals surface area contributed by atoms with Gasteiger partial charge >= 0.3 is 0 Å². The Morgan fingerprint density at radius 3 is 2.85 bits per heavy atom. The van der Waals surface area contributed by atoms with E-state index in [1.165, 1.54) is 0 Å². The summed E-state index contributed by atoms with van der Waals surface area (Å²) in [6, 6.07) is 1.65. The van der Waals surface area contributed by atoms with E-state index in [1.54, 1.807) is 0 Å². The van der Waals surface area contributed by atoms with Gasteiger partial charge in [0.15, 0.2) is 11.4 Å². The standard InChI is InChI=1S/C8H3F2NO2/c9-4-1-5(10)8-6(2-4)13-7(3-12)11-8/h1-3H. The molecular weight excluding hydrogens is 180 g/mol. The van der Waals surface area contributed by atoms with E-state index in [0.717, 1.165) is 6.07 Å². The highest BCUT2D eigenvalue weighted by molar-refractivity contribution is 5.79. The SMILES string of the molecule is O=Cc1nc2c(F)cc(F)cc2o1. The summed E-state index contributed by atoms with van der Waals surface area (Å²) in [6.45, 7) is 0. The van der Waals surface area contributed by atoms with Crippen LogP contribution in [0.15, 0.2) is 16.5 Å². The first-order valence-corrected chi connectivity index (χ1v) is 3.41. The molecule has 2 aromatic rings. The van der Waals surface area contributed by atoms with Gasteiger partial charge in [-0.15, -0.1) is 0 Å². The lowest BCUT2D eigenvalue weighted by molar-refractivity contribution is 0.109. The predicted octanol–water partition coefficient (Wildman–Crippen LogP) is 1.92. The molecule has 0 radical (unpaired) electrons. The Balaban J connectivity index is 2.82. The molecule has 0 unspecified atom stereocenters. The van der Waals surface area contributed by atoms with Crippen LogP contribution in [0.25, 0.3) is 11.1 Å². The first-order chi connectivity index (χ1) is 6.20. The van der Waals surface area contributed by atoms with Crippen LogP contribution in [0.4, 0.5) is 8.78 Å². The minimum atomic E-state index is -0.841. The van der Waals surface area contributed by atoms with E-state index in [4.69, 9.17) is 4.42 Å². The van der Waals surface area contributed by atoms with E-state index in [1.807, 2.05) is 0 Å². The molecule has 0 bridgehead atoms. The quantitative estimate of drug-likeness (QED) is 0.634. The van der Waals surface area contributed by atoms with Crippen molar-refractivity contribution in [3.8, 4) is 0 Å². The molecule has 0 N–H and O–H groups in total. The molecule has 1 aromatic heterocycles. The molecule has 5 heteroatoms. The third-order valence-corrected chi connectivity index (χ3v) is 1.53. The summed E-state index contributed by atoms with van der Waals surface area (Å²) < 4.78 is 30.2. The minimum Gasteiger partial charge on any atom is -0.434 e. The lowest BCUT2D eigenvalue weighted by atomic mass is 10.3. The third-order valence-electron chi connectivity index (χ3n) is 1.53. The number of benzene rings is 1. The van der Waals surface area contributed by atoms with E-state index in [9.17, 15) is 13.6 Å². The van der Waals surface area contributed by atoms with Crippen molar-refractivity contribution < 1.29 is 18.0 Å². The fourth-order valence-electron chi connectivity index (χ4n) is 1.02. The summed E-state index contributed by atoms with van der Waals surface area (Å²) in [7, 11) is 0. The van der Waals surface area contributed by atoms with Gasteiger partial charge in [-0.25, -0.2) is 13.8 Å². The first-order valence-electron chi connectivity index (χ1n) is 3.41. The molecule has 0 aliphatic rings. The van der Waals surface area contributed by atoms with Gasteiger partial charge in [-0.2, -0.15) is 0 Å². The molecule has 0 atom stereocenters. The van der Waals surface area contributed by atoms with Crippen LogP contribution >= 0.6 is 0 Å². The smallest absolute Gasteiger partial charge is 0.260 e. The Hall–Kier alpha value is -1.78. The maximum absolute atomic E-state index is 12.9. The summed E-state index contributed by atoms with van der Waals surface area (Å²) in [5.74, 6) is -1.87. The lowest BCUT2D eigenvalue weighted by Gasteiger charge is -1.88. The predicted molar refractivity (Wildman–Crippen MR) is 39.3 cm³/mol. The van der Waals surface area contributed by atoms with Gasteiger partial charge < -0.3 is 4.42 Å². The average molecular weight is 183 g/mol. The topological polar surface area (TPSA) is 43.1 Å².